The average molecular weight is 221 g/mol. The van der Waals surface area contributed by atoms with E-state index in [1.165, 1.54) is 39.0 Å². The number of ether oxygens (including phenoxy) is 1. The molecule has 84 valence electrons. The van der Waals surface area contributed by atoms with Gasteiger partial charge in [0, 0.05) is 6.92 Å². The zero-order valence-corrected chi connectivity index (χ0v) is 9.98. The molecule has 0 aromatic carbocycles. The number of rotatable bonds is 8. The van der Waals surface area contributed by atoms with Crippen LogP contribution in [0.2, 0.25) is 0 Å². The number of esters is 1. The summed E-state index contributed by atoms with van der Waals surface area (Å²) in [7, 11) is 0. The number of hydrogen-bond donors (Lipinski definition) is 0. The van der Waals surface area contributed by atoms with Gasteiger partial charge in [-0.05, 0) is 12.8 Å². The Balaban J connectivity index is 3.14. The molecule has 1 unspecified atom stereocenters. The maximum Gasteiger partial charge on any atom is 0.304 e. The molecule has 0 heterocycles. The fraction of sp³-hybridized carbons (Fsp3) is 0.909. The maximum absolute atomic E-state index is 10.5. The van der Waals surface area contributed by atoms with E-state index in [9.17, 15) is 4.79 Å². The molecule has 0 saturated heterocycles. The minimum Gasteiger partial charge on any atom is -0.446 e. The molecule has 0 saturated carbocycles. The van der Waals surface area contributed by atoms with E-state index in [-0.39, 0.29) is 5.97 Å². The highest BCUT2D eigenvalue weighted by Gasteiger charge is 2.06. The van der Waals surface area contributed by atoms with Gasteiger partial charge in [-0.25, -0.2) is 0 Å². The van der Waals surface area contributed by atoms with Crippen molar-refractivity contribution in [2.75, 3.05) is 0 Å². The Bertz CT molecular complexity index is 148. The summed E-state index contributed by atoms with van der Waals surface area (Å²) in [5.41, 5.74) is -0.432. The highest BCUT2D eigenvalue weighted by atomic mass is 35.5. The van der Waals surface area contributed by atoms with Gasteiger partial charge >= 0.3 is 5.97 Å². The molecule has 0 N–H and O–H groups in total. The lowest BCUT2D eigenvalue weighted by atomic mass is 10.1. The van der Waals surface area contributed by atoms with E-state index in [2.05, 4.69) is 6.92 Å². The Morgan fingerprint density at radius 2 is 1.79 bits per heavy atom. The molecule has 0 fully saturated rings. The molecule has 2 nitrogen and oxygen atoms in total. The van der Waals surface area contributed by atoms with E-state index in [1.54, 1.807) is 0 Å². The summed E-state index contributed by atoms with van der Waals surface area (Å²) < 4.78 is 4.80. The zero-order valence-electron chi connectivity index (χ0n) is 9.22. The summed E-state index contributed by atoms with van der Waals surface area (Å²) in [5.74, 6) is -0.295. The molecule has 3 heteroatoms. The van der Waals surface area contributed by atoms with Crippen LogP contribution in [-0.4, -0.2) is 11.5 Å². The smallest absolute Gasteiger partial charge is 0.304 e. The van der Waals surface area contributed by atoms with Gasteiger partial charge in [0.25, 0.3) is 0 Å². The topological polar surface area (TPSA) is 26.3 Å². The molecule has 0 aromatic rings. The minimum atomic E-state index is -0.432. The van der Waals surface area contributed by atoms with Crippen molar-refractivity contribution in [2.45, 2.75) is 64.4 Å². The Hall–Kier alpha value is -0.240. The first-order valence-electron chi connectivity index (χ1n) is 5.48. The molecular weight excluding hydrogens is 200 g/mol. The van der Waals surface area contributed by atoms with Gasteiger partial charge in [0.2, 0.25) is 0 Å². The van der Waals surface area contributed by atoms with Crippen molar-refractivity contribution in [1.82, 2.24) is 0 Å². The van der Waals surface area contributed by atoms with Crippen LogP contribution in [0.3, 0.4) is 0 Å². The Labute approximate surface area is 92.0 Å². The van der Waals surface area contributed by atoms with Crippen LogP contribution in [0.5, 0.6) is 0 Å². The van der Waals surface area contributed by atoms with Crippen molar-refractivity contribution in [2.24, 2.45) is 0 Å². The molecule has 0 aromatic heterocycles. The first kappa shape index (κ1) is 13.8. The van der Waals surface area contributed by atoms with Gasteiger partial charge in [-0.1, -0.05) is 50.6 Å². The third kappa shape index (κ3) is 9.85. The van der Waals surface area contributed by atoms with E-state index in [1.807, 2.05) is 0 Å². The normalized spacial score (nSPS) is 12.5. The molecule has 0 amide bonds. The summed E-state index contributed by atoms with van der Waals surface area (Å²) in [6.07, 6.45) is 8.15. The van der Waals surface area contributed by atoms with E-state index in [0.29, 0.717) is 0 Å². The summed E-state index contributed by atoms with van der Waals surface area (Å²) in [6, 6.07) is 0. The fourth-order valence-corrected chi connectivity index (χ4v) is 1.60. The average Bonchev–Trinajstić information content (AvgIpc) is 2.10. The van der Waals surface area contributed by atoms with Gasteiger partial charge in [0.15, 0.2) is 5.56 Å². The summed E-state index contributed by atoms with van der Waals surface area (Å²) in [5, 5.41) is 0. The fourth-order valence-electron chi connectivity index (χ4n) is 1.32. The van der Waals surface area contributed by atoms with Crippen molar-refractivity contribution in [1.29, 1.82) is 0 Å². The standard InChI is InChI=1S/C11H21ClO2/c1-3-4-5-6-7-8-9-11(12)14-10(2)13/h11H,3-9H2,1-2H3. The molecule has 14 heavy (non-hydrogen) atoms. The highest BCUT2D eigenvalue weighted by Crippen LogP contribution is 2.12. The van der Waals surface area contributed by atoms with Gasteiger partial charge in [0.1, 0.15) is 0 Å². The number of unbranched alkanes of at least 4 members (excludes halogenated alkanes) is 5. The number of hydrogen-bond acceptors (Lipinski definition) is 2. The minimum absolute atomic E-state index is 0.295. The molecule has 0 aliphatic rings. The Kier molecular flexibility index (Phi) is 9.16. The van der Waals surface area contributed by atoms with Crippen LogP contribution in [0.15, 0.2) is 0 Å². The number of carbonyl (C=O) groups is 1. The van der Waals surface area contributed by atoms with Gasteiger partial charge in [0.05, 0.1) is 0 Å². The number of halogens is 1. The lowest BCUT2D eigenvalue weighted by Crippen LogP contribution is -2.09. The quantitative estimate of drug-likeness (QED) is 0.353. The second-order valence-electron chi connectivity index (χ2n) is 3.58. The van der Waals surface area contributed by atoms with Crippen molar-refractivity contribution >= 4 is 17.6 Å². The van der Waals surface area contributed by atoms with Gasteiger partial charge < -0.3 is 4.74 Å². The van der Waals surface area contributed by atoms with E-state index in [4.69, 9.17) is 16.3 Å². The van der Waals surface area contributed by atoms with Crippen molar-refractivity contribution in [3.63, 3.8) is 0 Å². The molecule has 1 atom stereocenters. The molecule has 0 radical (unpaired) electrons. The summed E-state index contributed by atoms with van der Waals surface area (Å²) >= 11 is 5.77. The first-order chi connectivity index (χ1) is 6.66. The Morgan fingerprint density at radius 1 is 1.21 bits per heavy atom. The van der Waals surface area contributed by atoms with Crippen LogP contribution in [0.4, 0.5) is 0 Å². The predicted octanol–water partition coefficient (Wildman–Crippen LogP) is 3.87. The second kappa shape index (κ2) is 9.32. The largest absolute Gasteiger partial charge is 0.446 e. The molecule has 0 aliphatic heterocycles. The van der Waals surface area contributed by atoms with Gasteiger partial charge in [-0.2, -0.15) is 0 Å². The van der Waals surface area contributed by atoms with Crippen LogP contribution in [-0.2, 0) is 9.53 Å². The van der Waals surface area contributed by atoms with Crippen molar-refractivity contribution in [3.8, 4) is 0 Å². The van der Waals surface area contributed by atoms with Gasteiger partial charge in [-0.3, -0.25) is 4.79 Å². The Morgan fingerprint density at radius 3 is 2.36 bits per heavy atom. The molecule has 0 aliphatic carbocycles. The third-order valence-electron chi connectivity index (χ3n) is 2.08. The van der Waals surface area contributed by atoms with Crippen LogP contribution in [0.1, 0.15) is 58.8 Å². The molecule has 0 spiro atoms. The second-order valence-corrected chi connectivity index (χ2v) is 4.06. The highest BCUT2D eigenvalue weighted by molar-refractivity contribution is 6.20. The SMILES string of the molecule is CCCCCCCCC(Cl)OC(C)=O. The lowest BCUT2D eigenvalue weighted by molar-refractivity contribution is -0.142. The third-order valence-corrected chi connectivity index (χ3v) is 2.39. The van der Waals surface area contributed by atoms with Crippen LogP contribution < -0.4 is 0 Å². The number of carbonyl (C=O) groups excluding carboxylic acids is 1. The number of alkyl halides is 1. The molecular formula is C11H21ClO2. The van der Waals surface area contributed by atoms with E-state index >= 15 is 0 Å². The maximum atomic E-state index is 10.5. The van der Waals surface area contributed by atoms with E-state index in [0.717, 1.165) is 12.8 Å². The van der Waals surface area contributed by atoms with Gasteiger partial charge in [-0.15, -0.1) is 0 Å². The predicted molar refractivity (Wildman–Crippen MR) is 59.4 cm³/mol. The van der Waals surface area contributed by atoms with Crippen molar-refractivity contribution in [3.05, 3.63) is 0 Å². The first-order valence-corrected chi connectivity index (χ1v) is 5.91. The van der Waals surface area contributed by atoms with Crippen LogP contribution in [0, 0.1) is 0 Å². The lowest BCUT2D eigenvalue weighted by Gasteiger charge is -2.08. The molecule has 0 bridgehead atoms. The van der Waals surface area contributed by atoms with Crippen LogP contribution >= 0.6 is 11.6 Å². The van der Waals surface area contributed by atoms with Crippen LogP contribution in [0.25, 0.3) is 0 Å². The van der Waals surface area contributed by atoms with Crippen molar-refractivity contribution < 1.29 is 9.53 Å². The summed E-state index contributed by atoms with van der Waals surface area (Å²) in [4.78, 5) is 10.5. The zero-order chi connectivity index (χ0) is 10.8. The molecule has 0 rings (SSSR count). The summed E-state index contributed by atoms with van der Waals surface area (Å²) in [6.45, 7) is 3.59. The van der Waals surface area contributed by atoms with E-state index < -0.39 is 5.56 Å². The monoisotopic (exact) mass is 220 g/mol.